The Hall–Kier alpha value is -3.85. The average molecular weight is 619 g/mol. The fraction of sp³-hybridized carbons (Fsp3) is 0. The van der Waals surface area contributed by atoms with Crippen molar-refractivity contribution in [3.8, 4) is 0 Å². The summed E-state index contributed by atoms with van der Waals surface area (Å²) in [6.45, 7) is 3.66. The average Bonchev–Trinajstić information content (AvgIpc) is 3.43. The fourth-order valence-electron chi connectivity index (χ4n) is 3.30. The molecule has 0 aliphatic heterocycles. The van der Waals surface area contributed by atoms with E-state index in [0.717, 1.165) is 22.2 Å². The first-order chi connectivity index (χ1) is 16.2. The molecule has 1 radical (unpaired) electrons. The van der Waals surface area contributed by atoms with Gasteiger partial charge in [0.05, 0.1) is 0 Å². The molecule has 2 aromatic heterocycles. The van der Waals surface area contributed by atoms with Crippen molar-refractivity contribution in [3.05, 3.63) is 150 Å². The van der Waals surface area contributed by atoms with Gasteiger partial charge in [0, 0.05) is 31.9 Å². The zero-order valence-electron chi connectivity index (χ0n) is 18.4. The summed E-state index contributed by atoms with van der Waals surface area (Å²) < 4.78 is 0. The van der Waals surface area contributed by atoms with Crippen LogP contribution in [-0.2, 0) is 20.1 Å². The number of rotatable bonds is 5. The van der Waals surface area contributed by atoms with E-state index in [4.69, 9.17) is 0 Å². The molecule has 0 aliphatic rings. The summed E-state index contributed by atoms with van der Waals surface area (Å²) in [7, 11) is 0. The van der Waals surface area contributed by atoms with Crippen molar-refractivity contribution < 1.29 is 24.9 Å². The third-order valence-corrected chi connectivity index (χ3v) is 5.05. The van der Waals surface area contributed by atoms with Crippen molar-refractivity contribution in [3.63, 3.8) is 0 Å². The molecule has 0 N–H and O–H groups in total. The van der Waals surface area contributed by atoms with Gasteiger partial charge in [0.2, 0.25) is 0 Å². The second-order valence-electron chi connectivity index (χ2n) is 7.25. The molecule has 2 heterocycles. The second-order valence-corrected chi connectivity index (χ2v) is 7.25. The minimum atomic E-state index is -0.0457. The summed E-state index contributed by atoms with van der Waals surface area (Å²) in [6.07, 6.45) is 10.4. The maximum atomic E-state index is 11.8. The Bertz CT molecular complexity index is 1370. The third kappa shape index (κ3) is 6.35. The van der Waals surface area contributed by atoms with Gasteiger partial charge in [0.15, 0.2) is 5.78 Å². The molecule has 0 fully saturated rings. The minimum absolute atomic E-state index is 0. The van der Waals surface area contributed by atoms with Gasteiger partial charge in [-0.15, -0.1) is 42.0 Å². The number of benzene rings is 3. The fourth-order valence-corrected chi connectivity index (χ4v) is 3.30. The molecular weight excluding hydrogens is 597 g/mol. The first-order valence-corrected chi connectivity index (χ1v) is 10.6. The second kappa shape index (κ2) is 12.4. The van der Waals surface area contributed by atoms with Crippen LogP contribution >= 0.6 is 0 Å². The van der Waals surface area contributed by atoms with E-state index >= 15 is 0 Å². The smallest absolute Gasteiger partial charge is 0.171 e. The Morgan fingerprint density at radius 1 is 0.853 bits per heavy atom. The molecule has 0 bridgehead atoms. The molecule has 0 aliphatic carbocycles. The van der Waals surface area contributed by atoms with Crippen LogP contribution < -0.4 is 4.98 Å². The van der Waals surface area contributed by atoms with E-state index in [-0.39, 0.29) is 25.9 Å². The maximum absolute atomic E-state index is 11.8. The van der Waals surface area contributed by atoms with Crippen molar-refractivity contribution in [2.24, 2.45) is 0 Å². The van der Waals surface area contributed by atoms with Crippen molar-refractivity contribution in [2.75, 3.05) is 0 Å². The van der Waals surface area contributed by atoms with Crippen LogP contribution in [0.2, 0.25) is 0 Å². The Labute approximate surface area is 213 Å². The molecule has 0 unspecified atom stereocenters. The van der Waals surface area contributed by atoms with Crippen molar-refractivity contribution >= 4 is 28.7 Å². The predicted octanol–water partition coefficient (Wildman–Crippen LogP) is 6.61. The number of fused-ring (bicyclic) bond motifs is 1. The van der Waals surface area contributed by atoms with Crippen LogP contribution in [-0.4, -0.2) is 10.8 Å². The van der Waals surface area contributed by atoms with Crippen LogP contribution in [0, 0.1) is 6.08 Å². The summed E-state index contributed by atoms with van der Waals surface area (Å²) in [5.41, 5.74) is 4.16. The molecule has 5 rings (SSSR count). The van der Waals surface area contributed by atoms with Crippen LogP contribution in [0.1, 0.15) is 32.9 Å². The monoisotopic (exact) mass is 619 g/mol. The van der Waals surface area contributed by atoms with Crippen LogP contribution in [0.3, 0.4) is 0 Å². The van der Waals surface area contributed by atoms with E-state index in [1.54, 1.807) is 36.5 Å². The van der Waals surface area contributed by atoms with Crippen LogP contribution in [0.15, 0.2) is 116 Å². The van der Waals surface area contributed by atoms with Crippen molar-refractivity contribution in [1.82, 2.24) is 9.97 Å². The summed E-state index contributed by atoms with van der Waals surface area (Å²) in [4.78, 5) is 20.2. The van der Waals surface area contributed by atoms with E-state index in [9.17, 15) is 4.79 Å². The summed E-state index contributed by atoms with van der Waals surface area (Å²) in [6, 6.07) is 31.1. The van der Waals surface area contributed by atoms with Gasteiger partial charge < -0.3 is 9.97 Å². The van der Waals surface area contributed by atoms with Gasteiger partial charge in [-0.1, -0.05) is 85.1 Å². The quantitative estimate of drug-likeness (QED) is 0.164. The van der Waals surface area contributed by atoms with Crippen molar-refractivity contribution in [1.29, 1.82) is 0 Å². The van der Waals surface area contributed by atoms with Gasteiger partial charge in [-0.3, -0.25) is 4.79 Å². The Morgan fingerprint density at radius 2 is 1.59 bits per heavy atom. The maximum Gasteiger partial charge on any atom is 0.171 e. The first kappa shape index (κ1) is 24.8. The molecule has 0 amide bonds. The zero-order chi connectivity index (χ0) is 22.9. The van der Waals surface area contributed by atoms with Crippen LogP contribution in [0.4, 0.5) is 0 Å². The molecule has 0 saturated carbocycles. The molecule has 0 saturated heterocycles. The van der Waals surface area contributed by atoms with Crippen LogP contribution in [0.5, 0.6) is 0 Å². The van der Waals surface area contributed by atoms with Gasteiger partial charge in [-0.25, -0.2) is 0 Å². The minimum Gasteiger partial charge on any atom is -0.661 e. The molecule has 34 heavy (non-hydrogen) atoms. The number of ketones is 1. The van der Waals surface area contributed by atoms with Gasteiger partial charge >= 0.3 is 0 Å². The topological polar surface area (TPSA) is 44.1 Å². The molecule has 4 heteroatoms. The van der Waals surface area contributed by atoms with Gasteiger partial charge in [-0.05, 0) is 28.1 Å². The number of carbonyl (C=O) groups is 1. The normalized spacial score (nSPS) is 10.2. The Morgan fingerprint density at radius 3 is 2.29 bits per heavy atom. The molecule has 169 valence electrons. The number of aromatic nitrogens is 2. The zero-order valence-corrected chi connectivity index (χ0v) is 20.8. The Kier molecular flexibility index (Phi) is 9.04. The Balaban J connectivity index is 0.000000188. The largest absolute Gasteiger partial charge is 0.661 e. The van der Waals surface area contributed by atoms with Gasteiger partial charge in [-0.2, -0.15) is 6.20 Å². The molecular formula is C30H22IrN2O-2. The predicted molar refractivity (Wildman–Crippen MR) is 135 cm³/mol. The molecule has 3 aromatic carbocycles. The third-order valence-electron chi connectivity index (χ3n) is 5.05. The summed E-state index contributed by atoms with van der Waals surface area (Å²) >= 11 is 0. The first-order valence-electron chi connectivity index (χ1n) is 10.6. The van der Waals surface area contributed by atoms with Gasteiger partial charge in [0.25, 0.3) is 0 Å². The number of hydrogen-bond acceptors (Lipinski definition) is 2. The SMILES string of the molecule is C=Cc1ccc(C(=O)c2ccc[n-]2)cc1.[C-](=Cc1nccc2ccccc12)c1ccccc1.[Ir]. The molecule has 0 spiro atoms. The van der Waals surface area contributed by atoms with E-state index in [2.05, 4.69) is 34.8 Å². The number of carbonyl (C=O) groups excluding carboxylic acids is 1. The number of hydrogen-bond donors (Lipinski definition) is 0. The molecule has 5 aromatic rings. The van der Waals surface area contributed by atoms with E-state index in [1.807, 2.05) is 72.9 Å². The van der Waals surface area contributed by atoms with E-state index in [1.165, 1.54) is 5.39 Å². The molecule has 0 atom stereocenters. The molecule has 3 nitrogen and oxygen atoms in total. The number of pyridine rings is 1. The van der Waals surface area contributed by atoms with Crippen molar-refractivity contribution in [2.45, 2.75) is 0 Å². The number of nitrogens with zero attached hydrogens (tertiary/aromatic N) is 2. The van der Waals surface area contributed by atoms with E-state index in [0.29, 0.717) is 11.3 Å². The summed E-state index contributed by atoms with van der Waals surface area (Å²) in [5.74, 6) is -0.0457. The summed E-state index contributed by atoms with van der Waals surface area (Å²) in [5, 5.41) is 2.36. The standard InChI is InChI=1S/C17H12N.C13H11NO.Ir/c1-2-6-14(7-3-1)10-11-17-16-9-5-4-8-15(16)12-13-18-17;1-2-10-5-7-11(8-6-10)13(15)12-4-3-9-14-12;/h1-9,11-13H;2-9H,1H2,(H,14,15);/q-1;;/p-1. The van der Waals surface area contributed by atoms with E-state index < -0.39 is 0 Å². The van der Waals surface area contributed by atoms with Crippen LogP contribution in [0.25, 0.3) is 22.9 Å². The van der Waals surface area contributed by atoms with Gasteiger partial charge in [0.1, 0.15) is 0 Å².